The van der Waals surface area contributed by atoms with Crippen LogP contribution in [0, 0.1) is 30.1 Å². The average molecular weight is 208 g/mol. The highest BCUT2D eigenvalue weighted by atomic mass is 16.3. The van der Waals surface area contributed by atoms with Crippen molar-refractivity contribution in [2.24, 2.45) is 5.92 Å². The van der Waals surface area contributed by atoms with Crippen molar-refractivity contribution in [3.05, 3.63) is 0 Å². The lowest BCUT2D eigenvalue weighted by atomic mass is 9.94. The first-order valence-electron chi connectivity index (χ1n) is 5.11. The second-order valence-electron chi connectivity index (χ2n) is 4.77. The number of hydrogen-bond acceptors (Lipinski definition) is 2. The molecule has 0 aromatic rings. The van der Waals surface area contributed by atoms with Crippen LogP contribution in [0.5, 0.6) is 0 Å². The first-order valence-corrected chi connectivity index (χ1v) is 5.11. The van der Waals surface area contributed by atoms with Gasteiger partial charge in [0.25, 0.3) is 0 Å². The maximum atomic E-state index is 9.85. The Labute approximate surface area is 92.7 Å². The van der Waals surface area contributed by atoms with Crippen molar-refractivity contribution < 1.29 is 10.2 Å². The first kappa shape index (κ1) is 14.0. The van der Waals surface area contributed by atoms with Gasteiger partial charge in [-0.3, -0.25) is 0 Å². The van der Waals surface area contributed by atoms with Crippen molar-refractivity contribution in [2.75, 3.05) is 0 Å². The van der Waals surface area contributed by atoms with Crippen molar-refractivity contribution in [1.82, 2.24) is 0 Å². The van der Waals surface area contributed by atoms with Crippen LogP contribution in [0.1, 0.15) is 40.5 Å². The van der Waals surface area contributed by atoms with Gasteiger partial charge >= 0.3 is 0 Å². The van der Waals surface area contributed by atoms with Crippen LogP contribution in [0.3, 0.4) is 0 Å². The lowest BCUT2D eigenvalue weighted by molar-refractivity contribution is 0.0968. The predicted molar refractivity (Wildman–Crippen MR) is 61.9 cm³/mol. The highest BCUT2D eigenvalue weighted by Gasteiger charge is 2.19. The average Bonchev–Trinajstić information content (AvgIpc) is 2.00. The molecule has 0 aromatic heterocycles. The molecular formula is C13H20O2. The smallest absolute Gasteiger partial charge is 0.133 e. The lowest BCUT2D eigenvalue weighted by Crippen LogP contribution is -2.25. The summed E-state index contributed by atoms with van der Waals surface area (Å²) in [4.78, 5) is 0. The summed E-state index contributed by atoms with van der Waals surface area (Å²) >= 11 is 0. The van der Waals surface area contributed by atoms with Crippen molar-refractivity contribution >= 4 is 0 Å². The van der Waals surface area contributed by atoms with Gasteiger partial charge in [-0.05, 0) is 26.2 Å². The van der Waals surface area contributed by atoms with E-state index in [-0.39, 0.29) is 6.42 Å². The van der Waals surface area contributed by atoms with Gasteiger partial charge in [0, 0.05) is 6.42 Å². The molecule has 0 aromatic carbocycles. The third-order valence-electron chi connectivity index (χ3n) is 1.91. The Morgan fingerprint density at radius 3 is 2.13 bits per heavy atom. The Kier molecular flexibility index (Phi) is 4.88. The molecule has 2 unspecified atom stereocenters. The molecule has 0 amide bonds. The lowest BCUT2D eigenvalue weighted by Gasteiger charge is -2.19. The molecule has 2 atom stereocenters. The molecule has 0 saturated heterocycles. The minimum Gasteiger partial charge on any atom is -0.378 e. The van der Waals surface area contributed by atoms with Gasteiger partial charge in [-0.15, -0.1) is 6.42 Å². The molecule has 15 heavy (non-hydrogen) atoms. The molecule has 0 fully saturated rings. The molecule has 2 nitrogen and oxygen atoms in total. The third kappa shape index (κ3) is 7.03. The van der Waals surface area contributed by atoms with Crippen LogP contribution in [-0.2, 0) is 0 Å². The molecule has 0 aliphatic heterocycles. The minimum absolute atomic E-state index is 0.178. The molecule has 2 N–H and O–H groups in total. The summed E-state index contributed by atoms with van der Waals surface area (Å²) in [7, 11) is 0. The van der Waals surface area contributed by atoms with Crippen molar-refractivity contribution in [1.29, 1.82) is 0 Å². The maximum absolute atomic E-state index is 9.85. The molecule has 84 valence electrons. The summed E-state index contributed by atoms with van der Waals surface area (Å²) in [6.07, 6.45) is 5.89. The molecule has 0 radical (unpaired) electrons. The summed E-state index contributed by atoms with van der Waals surface area (Å²) in [5.74, 6) is 8.08. The summed E-state index contributed by atoms with van der Waals surface area (Å²) in [5.41, 5.74) is -2.21. The van der Waals surface area contributed by atoms with E-state index >= 15 is 0 Å². The molecule has 0 bridgehead atoms. The molecule has 2 heteroatoms. The fourth-order valence-electron chi connectivity index (χ4n) is 1.30. The van der Waals surface area contributed by atoms with Crippen LogP contribution in [0.2, 0.25) is 0 Å². The predicted octanol–water partition coefficient (Wildman–Crippen LogP) is 1.56. The van der Waals surface area contributed by atoms with Crippen LogP contribution in [-0.4, -0.2) is 21.4 Å². The Bertz CT molecular complexity index is 295. The zero-order valence-electron chi connectivity index (χ0n) is 9.96. The molecule has 0 aliphatic rings. The SMILES string of the molecule is C#CC(C)(O)CC#CC(C)(O)CC(C)C. The summed E-state index contributed by atoms with van der Waals surface area (Å²) in [6, 6.07) is 0. The molecule has 0 heterocycles. The van der Waals surface area contributed by atoms with Gasteiger partial charge in [0.15, 0.2) is 0 Å². The summed E-state index contributed by atoms with van der Waals surface area (Å²) < 4.78 is 0. The van der Waals surface area contributed by atoms with E-state index in [9.17, 15) is 10.2 Å². The van der Waals surface area contributed by atoms with Crippen molar-refractivity contribution in [3.63, 3.8) is 0 Å². The number of hydrogen-bond donors (Lipinski definition) is 2. The second-order valence-corrected chi connectivity index (χ2v) is 4.77. The minimum atomic E-state index is -1.21. The molecule has 0 spiro atoms. The standard InChI is InChI=1S/C13H20O2/c1-6-12(4,14)8-7-9-13(5,15)10-11(2)3/h1,11,14-15H,8,10H2,2-5H3. The van der Waals surface area contributed by atoms with E-state index in [1.54, 1.807) is 6.92 Å². The summed E-state index contributed by atoms with van der Waals surface area (Å²) in [5, 5.41) is 19.3. The maximum Gasteiger partial charge on any atom is 0.133 e. The van der Waals surface area contributed by atoms with Crippen LogP contribution in [0.15, 0.2) is 0 Å². The van der Waals surface area contributed by atoms with Gasteiger partial charge in [-0.25, -0.2) is 0 Å². The zero-order valence-corrected chi connectivity index (χ0v) is 9.96. The van der Waals surface area contributed by atoms with Crippen LogP contribution < -0.4 is 0 Å². The van der Waals surface area contributed by atoms with E-state index < -0.39 is 11.2 Å². The van der Waals surface area contributed by atoms with E-state index in [1.165, 1.54) is 6.92 Å². The fourth-order valence-corrected chi connectivity index (χ4v) is 1.30. The van der Waals surface area contributed by atoms with Crippen molar-refractivity contribution in [3.8, 4) is 24.2 Å². The van der Waals surface area contributed by atoms with Gasteiger partial charge in [0.2, 0.25) is 0 Å². The highest BCUT2D eigenvalue weighted by molar-refractivity contribution is 5.17. The van der Waals surface area contributed by atoms with Gasteiger partial charge < -0.3 is 10.2 Å². The van der Waals surface area contributed by atoms with Gasteiger partial charge in [0.05, 0.1) is 0 Å². The van der Waals surface area contributed by atoms with Crippen LogP contribution >= 0.6 is 0 Å². The fraction of sp³-hybridized carbons (Fsp3) is 0.692. The van der Waals surface area contributed by atoms with Gasteiger partial charge in [0.1, 0.15) is 11.2 Å². The monoisotopic (exact) mass is 208 g/mol. The van der Waals surface area contributed by atoms with E-state index in [0.717, 1.165) is 0 Å². The Balaban J connectivity index is 4.35. The van der Waals surface area contributed by atoms with E-state index in [1.807, 2.05) is 13.8 Å². The third-order valence-corrected chi connectivity index (χ3v) is 1.91. The Hall–Kier alpha value is -0.960. The number of rotatable bonds is 3. The zero-order chi connectivity index (χ0) is 12.1. The molecule has 0 saturated carbocycles. The normalized spacial score (nSPS) is 18.3. The van der Waals surface area contributed by atoms with Crippen LogP contribution in [0.25, 0.3) is 0 Å². The molecular weight excluding hydrogens is 188 g/mol. The van der Waals surface area contributed by atoms with E-state index in [0.29, 0.717) is 12.3 Å². The van der Waals surface area contributed by atoms with Gasteiger partial charge in [-0.1, -0.05) is 31.6 Å². The second kappa shape index (κ2) is 5.21. The highest BCUT2D eigenvalue weighted by Crippen LogP contribution is 2.15. The van der Waals surface area contributed by atoms with Crippen molar-refractivity contribution in [2.45, 2.75) is 51.7 Å². The quantitative estimate of drug-likeness (QED) is 0.691. The summed E-state index contributed by atoms with van der Waals surface area (Å²) in [6.45, 7) is 7.24. The Morgan fingerprint density at radius 2 is 1.73 bits per heavy atom. The number of aliphatic hydroxyl groups is 2. The molecule has 0 rings (SSSR count). The van der Waals surface area contributed by atoms with Gasteiger partial charge in [-0.2, -0.15) is 0 Å². The largest absolute Gasteiger partial charge is 0.378 e. The van der Waals surface area contributed by atoms with E-state index in [2.05, 4.69) is 17.8 Å². The molecule has 0 aliphatic carbocycles. The Morgan fingerprint density at radius 1 is 1.20 bits per heavy atom. The topological polar surface area (TPSA) is 40.5 Å². The van der Waals surface area contributed by atoms with E-state index in [4.69, 9.17) is 6.42 Å². The van der Waals surface area contributed by atoms with Crippen LogP contribution in [0.4, 0.5) is 0 Å². The number of terminal acetylenes is 1. The first-order chi connectivity index (χ1) is 6.68.